The Hall–Kier alpha value is -2.89. The lowest BCUT2D eigenvalue weighted by atomic mass is 9.85. The van der Waals surface area contributed by atoms with Crippen molar-refractivity contribution >= 4 is 23.4 Å². The number of para-hydroxylation sites is 1. The molecule has 6 heteroatoms. The summed E-state index contributed by atoms with van der Waals surface area (Å²) in [7, 11) is 4.48. The van der Waals surface area contributed by atoms with Crippen molar-refractivity contribution in [3.05, 3.63) is 53.7 Å². The summed E-state index contributed by atoms with van der Waals surface area (Å²) in [4.78, 5) is 31.0. The summed E-state index contributed by atoms with van der Waals surface area (Å²) in [6, 6.07) is 11.8. The number of fused-ring (bicyclic) bond motifs is 1. The minimum absolute atomic E-state index is 0.240. The van der Waals surface area contributed by atoms with Crippen LogP contribution in [-0.4, -0.2) is 38.2 Å². The number of esters is 2. The minimum atomic E-state index is -1.32. The normalized spacial score (nSPS) is 14.5. The predicted octanol–water partition coefficient (Wildman–Crippen LogP) is 2.28. The highest BCUT2D eigenvalue weighted by Crippen LogP contribution is 2.40. The Morgan fingerprint density at radius 2 is 1.64 bits per heavy atom. The molecular weight excluding hydrogens is 320 g/mol. The largest absolute Gasteiger partial charge is 0.468 e. The van der Waals surface area contributed by atoms with E-state index in [1.165, 1.54) is 14.2 Å². The molecule has 130 valence electrons. The van der Waals surface area contributed by atoms with E-state index >= 15 is 0 Å². The summed E-state index contributed by atoms with van der Waals surface area (Å²) in [6.45, 7) is 0. The molecule has 0 aliphatic heterocycles. The zero-order valence-electron chi connectivity index (χ0n) is 14.5. The van der Waals surface area contributed by atoms with Gasteiger partial charge in [0.05, 0.1) is 14.2 Å². The van der Waals surface area contributed by atoms with Gasteiger partial charge < -0.3 is 14.4 Å². The van der Waals surface area contributed by atoms with Gasteiger partial charge in [-0.2, -0.15) is 0 Å². The molecule has 1 heterocycles. The number of hydrogen-bond donors (Lipinski definition) is 0. The number of anilines is 2. The van der Waals surface area contributed by atoms with Crippen molar-refractivity contribution in [2.75, 3.05) is 26.2 Å². The van der Waals surface area contributed by atoms with Crippen LogP contribution in [0.1, 0.15) is 11.1 Å². The van der Waals surface area contributed by atoms with Crippen LogP contribution in [-0.2, 0) is 31.9 Å². The highest BCUT2D eigenvalue weighted by Gasteiger charge is 2.52. The standard InChI is InChI=1S/C19H20N2O4/c1-21(15-7-5-4-6-8-15)16-9-13-10-19(17(22)24-2,18(23)25-3)11-14(13)12-20-16/h4-9,12H,10-11H2,1-3H3. The monoisotopic (exact) mass is 340 g/mol. The first-order valence-electron chi connectivity index (χ1n) is 7.95. The van der Waals surface area contributed by atoms with Crippen LogP contribution < -0.4 is 4.90 Å². The Morgan fingerprint density at radius 1 is 1.04 bits per heavy atom. The molecule has 0 amide bonds. The lowest BCUT2D eigenvalue weighted by Crippen LogP contribution is -2.42. The molecule has 0 unspecified atom stereocenters. The Morgan fingerprint density at radius 3 is 2.24 bits per heavy atom. The summed E-state index contributed by atoms with van der Waals surface area (Å²) >= 11 is 0. The SMILES string of the molecule is COC(=O)C1(C(=O)OC)Cc2cnc(N(C)c3ccccc3)cc2C1. The van der Waals surface area contributed by atoms with Crippen molar-refractivity contribution in [3.63, 3.8) is 0 Å². The van der Waals surface area contributed by atoms with Crippen LogP contribution in [0.3, 0.4) is 0 Å². The van der Waals surface area contributed by atoms with E-state index in [0.717, 1.165) is 22.6 Å². The van der Waals surface area contributed by atoms with Crippen LogP contribution >= 0.6 is 0 Å². The molecule has 0 radical (unpaired) electrons. The second-order valence-corrected chi connectivity index (χ2v) is 6.12. The van der Waals surface area contributed by atoms with Gasteiger partial charge in [-0.25, -0.2) is 4.98 Å². The number of pyridine rings is 1. The van der Waals surface area contributed by atoms with Gasteiger partial charge in [0.15, 0.2) is 5.41 Å². The van der Waals surface area contributed by atoms with Gasteiger partial charge >= 0.3 is 11.9 Å². The summed E-state index contributed by atoms with van der Waals surface area (Å²) in [5.41, 5.74) is 1.45. The van der Waals surface area contributed by atoms with E-state index < -0.39 is 17.4 Å². The van der Waals surface area contributed by atoms with E-state index in [0.29, 0.717) is 0 Å². The van der Waals surface area contributed by atoms with Crippen molar-refractivity contribution in [1.29, 1.82) is 0 Å². The zero-order valence-corrected chi connectivity index (χ0v) is 14.5. The van der Waals surface area contributed by atoms with E-state index in [1.54, 1.807) is 6.20 Å². The molecule has 1 aliphatic carbocycles. The fraction of sp³-hybridized carbons (Fsp3) is 0.316. The summed E-state index contributed by atoms with van der Waals surface area (Å²) in [5.74, 6) is -0.405. The third kappa shape index (κ3) is 2.84. The number of rotatable bonds is 4. The maximum atomic E-state index is 12.3. The molecule has 0 spiro atoms. The molecule has 0 saturated heterocycles. The van der Waals surface area contributed by atoms with Gasteiger partial charge in [0.2, 0.25) is 0 Å². The quantitative estimate of drug-likeness (QED) is 0.628. The van der Waals surface area contributed by atoms with E-state index in [2.05, 4.69) is 4.98 Å². The van der Waals surface area contributed by atoms with Crippen LogP contribution in [0.15, 0.2) is 42.6 Å². The molecule has 3 rings (SSSR count). The second kappa shape index (κ2) is 6.55. The highest BCUT2D eigenvalue weighted by atomic mass is 16.5. The number of ether oxygens (including phenoxy) is 2. The van der Waals surface area contributed by atoms with Gasteiger partial charge in [-0.1, -0.05) is 18.2 Å². The smallest absolute Gasteiger partial charge is 0.323 e. The topological polar surface area (TPSA) is 68.7 Å². The number of carbonyl (C=O) groups excluding carboxylic acids is 2. The van der Waals surface area contributed by atoms with E-state index in [1.807, 2.05) is 48.3 Å². The average molecular weight is 340 g/mol. The van der Waals surface area contributed by atoms with Crippen molar-refractivity contribution in [2.24, 2.45) is 5.41 Å². The van der Waals surface area contributed by atoms with Crippen LogP contribution in [0, 0.1) is 5.41 Å². The molecular formula is C19H20N2O4. The van der Waals surface area contributed by atoms with Gasteiger partial charge in [0.25, 0.3) is 0 Å². The number of benzene rings is 1. The van der Waals surface area contributed by atoms with Crippen LogP contribution in [0.5, 0.6) is 0 Å². The molecule has 2 aromatic rings. The third-order valence-electron chi connectivity index (χ3n) is 4.69. The molecule has 0 N–H and O–H groups in total. The first-order valence-corrected chi connectivity index (χ1v) is 7.95. The van der Waals surface area contributed by atoms with E-state index in [9.17, 15) is 9.59 Å². The van der Waals surface area contributed by atoms with Gasteiger partial charge in [-0.15, -0.1) is 0 Å². The van der Waals surface area contributed by atoms with Gasteiger partial charge in [0, 0.05) is 25.4 Å². The Bertz CT molecular complexity index is 788. The van der Waals surface area contributed by atoms with Gasteiger partial charge in [0.1, 0.15) is 5.82 Å². The fourth-order valence-electron chi connectivity index (χ4n) is 3.28. The lowest BCUT2D eigenvalue weighted by molar-refractivity contribution is -0.168. The molecule has 0 fully saturated rings. The first-order chi connectivity index (χ1) is 12.0. The van der Waals surface area contributed by atoms with Gasteiger partial charge in [-0.05, 0) is 35.7 Å². The molecule has 1 aromatic carbocycles. The van der Waals surface area contributed by atoms with E-state index in [4.69, 9.17) is 9.47 Å². The highest BCUT2D eigenvalue weighted by molar-refractivity contribution is 6.01. The number of hydrogen-bond acceptors (Lipinski definition) is 6. The van der Waals surface area contributed by atoms with Crippen molar-refractivity contribution < 1.29 is 19.1 Å². The third-order valence-corrected chi connectivity index (χ3v) is 4.69. The number of aromatic nitrogens is 1. The van der Waals surface area contributed by atoms with Crippen LogP contribution in [0.2, 0.25) is 0 Å². The molecule has 1 aromatic heterocycles. The summed E-state index contributed by atoms with van der Waals surface area (Å²) < 4.78 is 9.74. The van der Waals surface area contributed by atoms with E-state index in [-0.39, 0.29) is 12.8 Å². The second-order valence-electron chi connectivity index (χ2n) is 6.12. The molecule has 0 saturated carbocycles. The molecule has 1 aliphatic rings. The van der Waals surface area contributed by atoms with Gasteiger partial charge in [-0.3, -0.25) is 9.59 Å². The molecule has 25 heavy (non-hydrogen) atoms. The Balaban J connectivity index is 1.94. The first kappa shape index (κ1) is 17.0. The van der Waals surface area contributed by atoms with Crippen LogP contribution in [0.25, 0.3) is 0 Å². The number of methoxy groups -OCH3 is 2. The molecule has 6 nitrogen and oxygen atoms in total. The maximum absolute atomic E-state index is 12.3. The maximum Gasteiger partial charge on any atom is 0.323 e. The predicted molar refractivity (Wildman–Crippen MR) is 92.6 cm³/mol. The number of nitrogens with zero attached hydrogens (tertiary/aromatic N) is 2. The van der Waals surface area contributed by atoms with Crippen molar-refractivity contribution in [1.82, 2.24) is 4.98 Å². The number of carbonyl (C=O) groups is 2. The van der Waals surface area contributed by atoms with Crippen LogP contribution in [0.4, 0.5) is 11.5 Å². The van der Waals surface area contributed by atoms with Crippen molar-refractivity contribution in [2.45, 2.75) is 12.8 Å². The Kier molecular flexibility index (Phi) is 4.44. The minimum Gasteiger partial charge on any atom is -0.468 e. The average Bonchev–Trinajstić information content (AvgIpc) is 3.06. The molecule has 0 atom stereocenters. The molecule has 0 bridgehead atoms. The fourth-order valence-corrected chi connectivity index (χ4v) is 3.28. The lowest BCUT2D eigenvalue weighted by Gasteiger charge is -2.22. The van der Waals surface area contributed by atoms with Crippen molar-refractivity contribution in [3.8, 4) is 0 Å². The summed E-state index contributed by atoms with van der Waals surface area (Å²) in [6.07, 6.45) is 2.21. The summed E-state index contributed by atoms with van der Waals surface area (Å²) in [5, 5.41) is 0. The zero-order chi connectivity index (χ0) is 18.0. The Labute approximate surface area is 146 Å².